The highest BCUT2D eigenvalue weighted by Crippen LogP contribution is 2.28. The first kappa shape index (κ1) is 24.3. The van der Waals surface area contributed by atoms with Gasteiger partial charge in [0.25, 0.3) is 5.91 Å². The third-order valence-corrected chi connectivity index (χ3v) is 4.82. The number of hydrogen-bond acceptors (Lipinski definition) is 7. The van der Waals surface area contributed by atoms with Crippen molar-refractivity contribution in [1.29, 1.82) is 0 Å². The van der Waals surface area contributed by atoms with Gasteiger partial charge in [0.15, 0.2) is 18.1 Å². The molecule has 8 nitrogen and oxygen atoms in total. The highest BCUT2D eigenvalue weighted by Gasteiger charge is 2.13. The molecule has 0 spiro atoms. The first-order valence-electron chi connectivity index (χ1n) is 10.6. The Bertz CT molecular complexity index is 1140. The van der Waals surface area contributed by atoms with Crippen molar-refractivity contribution in [2.75, 3.05) is 20.8 Å². The first-order chi connectivity index (χ1) is 16.5. The van der Waals surface area contributed by atoms with Gasteiger partial charge in [0.1, 0.15) is 11.5 Å². The van der Waals surface area contributed by atoms with Gasteiger partial charge in [-0.05, 0) is 72.1 Å². The van der Waals surface area contributed by atoms with E-state index >= 15 is 0 Å². The van der Waals surface area contributed by atoms with Crippen molar-refractivity contribution in [1.82, 2.24) is 5.43 Å². The summed E-state index contributed by atoms with van der Waals surface area (Å²) in [6, 6.07) is 19.0. The van der Waals surface area contributed by atoms with Crippen molar-refractivity contribution in [3.63, 3.8) is 0 Å². The van der Waals surface area contributed by atoms with Crippen molar-refractivity contribution in [3.8, 4) is 23.0 Å². The van der Waals surface area contributed by atoms with Crippen molar-refractivity contribution in [3.05, 3.63) is 83.4 Å². The molecule has 0 aliphatic carbocycles. The summed E-state index contributed by atoms with van der Waals surface area (Å²) in [5, 5.41) is 3.93. The topological polar surface area (TPSA) is 95.5 Å². The molecule has 0 atom stereocenters. The minimum atomic E-state index is -0.529. The summed E-state index contributed by atoms with van der Waals surface area (Å²) in [6.07, 6.45) is 2.39. The van der Waals surface area contributed by atoms with Crippen LogP contribution in [0.15, 0.2) is 71.8 Å². The van der Waals surface area contributed by atoms with E-state index in [2.05, 4.69) is 17.5 Å². The number of ether oxygens (including phenoxy) is 4. The summed E-state index contributed by atoms with van der Waals surface area (Å²) in [7, 11) is 3.02. The van der Waals surface area contributed by atoms with E-state index in [4.69, 9.17) is 18.9 Å². The third-order valence-electron chi connectivity index (χ3n) is 4.82. The predicted octanol–water partition coefficient (Wildman–Crippen LogP) is 4.01. The largest absolute Gasteiger partial charge is 0.497 e. The minimum absolute atomic E-state index is 0.160. The van der Waals surface area contributed by atoms with Crippen LogP contribution in [0.2, 0.25) is 0 Å². The van der Waals surface area contributed by atoms with Crippen LogP contribution >= 0.6 is 0 Å². The highest BCUT2D eigenvalue weighted by atomic mass is 16.6. The summed E-state index contributed by atoms with van der Waals surface area (Å²) < 4.78 is 21.3. The van der Waals surface area contributed by atoms with E-state index in [1.54, 1.807) is 49.6 Å². The van der Waals surface area contributed by atoms with Crippen LogP contribution in [0.25, 0.3) is 0 Å². The molecule has 0 aromatic heterocycles. The SMILES string of the molecule is CCc1ccc(OCC(=O)NN=Cc2ccc(OC(=O)c3ccc(OC)cc3)c(OC)c2)cc1. The molecule has 176 valence electrons. The van der Waals surface area contributed by atoms with Crippen LogP contribution in [0, 0.1) is 0 Å². The normalized spacial score (nSPS) is 10.6. The number of benzene rings is 3. The van der Waals surface area contributed by atoms with Gasteiger partial charge < -0.3 is 18.9 Å². The first-order valence-corrected chi connectivity index (χ1v) is 10.6. The van der Waals surface area contributed by atoms with Gasteiger partial charge in [-0.3, -0.25) is 4.79 Å². The van der Waals surface area contributed by atoms with Gasteiger partial charge in [0.05, 0.1) is 26.0 Å². The molecular weight excluding hydrogens is 436 g/mol. The minimum Gasteiger partial charge on any atom is -0.497 e. The molecule has 0 unspecified atom stereocenters. The van der Waals surface area contributed by atoms with E-state index in [0.717, 1.165) is 6.42 Å². The Hall–Kier alpha value is -4.33. The molecule has 0 heterocycles. The summed E-state index contributed by atoms with van der Waals surface area (Å²) >= 11 is 0. The second-order valence-electron chi connectivity index (χ2n) is 7.11. The van der Waals surface area contributed by atoms with Crippen molar-refractivity contribution in [2.45, 2.75) is 13.3 Å². The second kappa shape index (κ2) is 12.1. The number of hydrogen-bond donors (Lipinski definition) is 1. The number of nitrogens with zero attached hydrogens (tertiary/aromatic N) is 1. The molecule has 0 fully saturated rings. The van der Waals surface area contributed by atoms with Gasteiger partial charge in [-0.2, -0.15) is 5.10 Å². The number of amides is 1. The molecule has 1 amide bonds. The number of nitrogens with one attached hydrogen (secondary N) is 1. The molecule has 34 heavy (non-hydrogen) atoms. The Morgan fingerprint density at radius 3 is 2.24 bits per heavy atom. The zero-order valence-corrected chi connectivity index (χ0v) is 19.2. The molecule has 3 aromatic carbocycles. The predicted molar refractivity (Wildman–Crippen MR) is 128 cm³/mol. The van der Waals surface area contributed by atoms with Crippen molar-refractivity contribution < 1.29 is 28.5 Å². The molecular formula is C26H26N2O6. The highest BCUT2D eigenvalue weighted by molar-refractivity contribution is 5.92. The lowest BCUT2D eigenvalue weighted by atomic mass is 10.2. The van der Waals surface area contributed by atoms with Crippen molar-refractivity contribution >= 4 is 18.1 Å². The summed E-state index contributed by atoms with van der Waals surface area (Å²) in [4.78, 5) is 24.4. The Kier molecular flexibility index (Phi) is 8.62. The maximum atomic E-state index is 12.4. The fourth-order valence-electron chi connectivity index (χ4n) is 2.92. The van der Waals surface area contributed by atoms with Gasteiger partial charge in [0.2, 0.25) is 0 Å². The van der Waals surface area contributed by atoms with Crippen LogP contribution in [0.4, 0.5) is 0 Å². The maximum Gasteiger partial charge on any atom is 0.343 e. The molecule has 0 aliphatic rings. The van der Waals surface area contributed by atoms with E-state index in [9.17, 15) is 9.59 Å². The lowest BCUT2D eigenvalue weighted by Gasteiger charge is -2.10. The Balaban J connectivity index is 1.54. The summed E-state index contributed by atoms with van der Waals surface area (Å²) in [5.41, 5.74) is 4.61. The standard InChI is InChI=1S/C26H26N2O6/c1-4-18-5-10-22(11-6-18)33-17-25(29)28-27-16-19-7-14-23(24(15-19)32-3)34-26(30)20-8-12-21(31-2)13-9-20/h5-16H,4,17H2,1-3H3,(H,28,29). The van der Waals surface area contributed by atoms with E-state index in [1.807, 2.05) is 24.3 Å². The number of methoxy groups -OCH3 is 2. The van der Waals surface area contributed by atoms with Gasteiger partial charge in [-0.15, -0.1) is 0 Å². The van der Waals surface area contributed by atoms with Crippen LogP contribution in [-0.2, 0) is 11.2 Å². The fourth-order valence-corrected chi connectivity index (χ4v) is 2.92. The number of hydrazone groups is 1. The van der Waals surface area contributed by atoms with Crippen LogP contribution in [-0.4, -0.2) is 38.9 Å². The smallest absolute Gasteiger partial charge is 0.343 e. The zero-order valence-electron chi connectivity index (χ0n) is 19.2. The Labute approximate surface area is 198 Å². The van der Waals surface area contributed by atoms with Gasteiger partial charge in [-0.25, -0.2) is 10.2 Å². The Morgan fingerprint density at radius 2 is 1.59 bits per heavy atom. The summed E-state index contributed by atoms with van der Waals surface area (Å²) in [6.45, 7) is 1.91. The third kappa shape index (κ3) is 6.83. The lowest BCUT2D eigenvalue weighted by molar-refractivity contribution is -0.123. The maximum absolute atomic E-state index is 12.4. The number of aryl methyl sites for hydroxylation is 1. The summed E-state index contributed by atoms with van der Waals surface area (Å²) in [5.74, 6) is 0.928. The van der Waals surface area contributed by atoms with E-state index in [-0.39, 0.29) is 12.4 Å². The van der Waals surface area contributed by atoms with Crippen LogP contribution in [0.5, 0.6) is 23.0 Å². The number of rotatable bonds is 10. The van der Waals surface area contributed by atoms with E-state index in [1.165, 1.54) is 18.9 Å². The van der Waals surface area contributed by atoms with Crippen LogP contribution in [0.3, 0.4) is 0 Å². The lowest BCUT2D eigenvalue weighted by Crippen LogP contribution is -2.24. The van der Waals surface area contributed by atoms with E-state index < -0.39 is 11.9 Å². The van der Waals surface area contributed by atoms with E-state index in [0.29, 0.717) is 28.4 Å². The average Bonchev–Trinajstić information content (AvgIpc) is 2.88. The zero-order chi connectivity index (χ0) is 24.3. The van der Waals surface area contributed by atoms with Gasteiger partial charge in [-0.1, -0.05) is 19.1 Å². The number of esters is 1. The molecule has 0 saturated heterocycles. The van der Waals surface area contributed by atoms with Crippen LogP contribution < -0.4 is 24.4 Å². The monoisotopic (exact) mass is 462 g/mol. The molecule has 0 radical (unpaired) electrons. The fraction of sp³-hybridized carbons (Fsp3) is 0.192. The quantitative estimate of drug-likeness (QED) is 0.212. The second-order valence-corrected chi connectivity index (χ2v) is 7.11. The Morgan fingerprint density at radius 1 is 0.882 bits per heavy atom. The molecule has 0 saturated carbocycles. The molecule has 3 aromatic rings. The average molecular weight is 463 g/mol. The number of carbonyl (C=O) groups excluding carboxylic acids is 2. The van der Waals surface area contributed by atoms with Gasteiger partial charge in [0, 0.05) is 0 Å². The molecule has 3 rings (SSSR count). The molecule has 0 bridgehead atoms. The molecule has 1 N–H and O–H groups in total. The van der Waals surface area contributed by atoms with Gasteiger partial charge >= 0.3 is 5.97 Å². The van der Waals surface area contributed by atoms with Crippen LogP contribution in [0.1, 0.15) is 28.4 Å². The number of carbonyl (C=O) groups is 2. The molecule has 8 heteroatoms. The molecule has 0 aliphatic heterocycles. The van der Waals surface area contributed by atoms with Crippen molar-refractivity contribution in [2.24, 2.45) is 5.10 Å².